The molecule has 6 nitrogen and oxygen atoms in total. The van der Waals surface area contributed by atoms with E-state index >= 15 is 0 Å². The molecule has 3 rings (SSSR count). The first-order valence-electron chi connectivity index (χ1n) is 10.3. The zero-order chi connectivity index (χ0) is 23.0. The Morgan fingerprint density at radius 1 is 1.00 bits per heavy atom. The molecule has 168 valence electrons. The Bertz CT molecular complexity index is 1160. The number of anilines is 1. The van der Waals surface area contributed by atoms with Crippen molar-refractivity contribution in [3.8, 4) is 10.4 Å². The van der Waals surface area contributed by atoms with Crippen LogP contribution in [0.3, 0.4) is 0 Å². The van der Waals surface area contributed by atoms with Gasteiger partial charge in [-0.25, -0.2) is 13.2 Å². The molecule has 0 bridgehead atoms. The van der Waals surface area contributed by atoms with Gasteiger partial charge in [0.25, 0.3) is 0 Å². The summed E-state index contributed by atoms with van der Waals surface area (Å²) in [6, 6.07) is 20.2. The van der Waals surface area contributed by atoms with Crippen LogP contribution in [0.2, 0.25) is 0 Å². The van der Waals surface area contributed by atoms with Gasteiger partial charge in [0.1, 0.15) is 4.88 Å². The SMILES string of the molecule is CCOC(=O)c1sc(-c2ccccc2)cc1NC(=O)CCCS(=O)(=O)Cc1ccccc1. The zero-order valence-corrected chi connectivity index (χ0v) is 19.4. The number of hydrogen-bond donors (Lipinski definition) is 1. The first-order chi connectivity index (χ1) is 15.4. The van der Waals surface area contributed by atoms with Crippen molar-refractivity contribution in [2.75, 3.05) is 17.7 Å². The van der Waals surface area contributed by atoms with E-state index in [-0.39, 0.29) is 36.9 Å². The van der Waals surface area contributed by atoms with E-state index in [4.69, 9.17) is 4.74 Å². The molecule has 8 heteroatoms. The van der Waals surface area contributed by atoms with Crippen LogP contribution in [0, 0.1) is 0 Å². The molecule has 0 aliphatic heterocycles. The molecule has 1 amide bonds. The predicted molar refractivity (Wildman–Crippen MR) is 128 cm³/mol. The van der Waals surface area contributed by atoms with Crippen molar-refractivity contribution in [1.29, 1.82) is 0 Å². The number of amides is 1. The van der Waals surface area contributed by atoms with Crippen molar-refractivity contribution in [2.24, 2.45) is 0 Å². The standard InChI is InChI=1S/C24H25NO5S2/c1-2-30-24(27)23-20(16-21(31-23)19-12-7-4-8-13-19)25-22(26)14-9-15-32(28,29)17-18-10-5-3-6-11-18/h3-8,10-13,16H,2,9,14-15,17H2,1H3,(H,25,26). The smallest absolute Gasteiger partial charge is 0.350 e. The van der Waals surface area contributed by atoms with Gasteiger partial charge in [0, 0.05) is 11.3 Å². The van der Waals surface area contributed by atoms with Crippen LogP contribution in [0.4, 0.5) is 5.69 Å². The van der Waals surface area contributed by atoms with Gasteiger partial charge in [-0.05, 0) is 30.5 Å². The summed E-state index contributed by atoms with van der Waals surface area (Å²) in [7, 11) is -3.32. The third-order valence-corrected chi connectivity index (χ3v) is 7.46. The Labute approximate surface area is 192 Å². The lowest BCUT2D eigenvalue weighted by Gasteiger charge is -2.07. The molecule has 0 spiro atoms. The highest BCUT2D eigenvalue weighted by Gasteiger charge is 2.20. The van der Waals surface area contributed by atoms with E-state index in [1.165, 1.54) is 11.3 Å². The number of sulfone groups is 1. The van der Waals surface area contributed by atoms with E-state index in [1.807, 2.05) is 36.4 Å². The molecule has 32 heavy (non-hydrogen) atoms. The Morgan fingerprint density at radius 3 is 2.31 bits per heavy atom. The van der Waals surface area contributed by atoms with Gasteiger partial charge < -0.3 is 10.1 Å². The van der Waals surface area contributed by atoms with Crippen molar-refractivity contribution in [2.45, 2.75) is 25.5 Å². The zero-order valence-electron chi connectivity index (χ0n) is 17.7. The number of esters is 1. The van der Waals surface area contributed by atoms with E-state index in [0.29, 0.717) is 10.6 Å². The van der Waals surface area contributed by atoms with Crippen LogP contribution >= 0.6 is 11.3 Å². The molecule has 0 aliphatic carbocycles. The fourth-order valence-corrected chi connectivity index (χ4v) is 5.58. The molecular weight excluding hydrogens is 446 g/mol. The minimum absolute atomic E-state index is 0.0345. The topological polar surface area (TPSA) is 89.5 Å². The van der Waals surface area contributed by atoms with Gasteiger partial charge in [-0.3, -0.25) is 4.79 Å². The second-order valence-electron chi connectivity index (χ2n) is 7.17. The highest BCUT2D eigenvalue weighted by Crippen LogP contribution is 2.35. The highest BCUT2D eigenvalue weighted by molar-refractivity contribution is 7.90. The molecule has 0 atom stereocenters. The summed E-state index contributed by atoms with van der Waals surface area (Å²) < 4.78 is 29.8. The van der Waals surface area contributed by atoms with E-state index < -0.39 is 15.8 Å². The maximum Gasteiger partial charge on any atom is 0.350 e. The van der Waals surface area contributed by atoms with Crippen LogP contribution in [0.15, 0.2) is 66.7 Å². The van der Waals surface area contributed by atoms with Crippen LogP contribution in [0.1, 0.15) is 35.0 Å². The molecule has 0 saturated heterocycles. The summed E-state index contributed by atoms with van der Waals surface area (Å²) >= 11 is 1.25. The number of carbonyl (C=O) groups is 2. The lowest BCUT2D eigenvalue weighted by Crippen LogP contribution is -2.16. The quantitative estimate of drug-likeness (QED) is 0.424. The van der Waals surface area contributed by atoms with Crippen molar-refractivity contribution in [1.82, 2.24) is 0 Å². The largest absolute Gasteiger partial charge is 0.462 e. The molecule has 1 N–H and O–H groups in total. The highest BCUT2D eigenvalue weighted by atomic mass is 32.2. The summed E-state index contributed by atoms with van der Waals surface area (Å²) in [6.45, 7) is 1.95. The fraction of sp³-hybridized carbons (Fsp3) is 0.250. The summed E-state index contributed by atoms with van der Waals surface area (Å²) in [5.74, 6) is -0.977. The molecule has 0 unspecified atom stereocenters. The number of rotatable bonds is 10. The van der Waals surface area contributed by atoms with Crippen molar-refractivity contribution in [3.05, 3.63) is 77.2 Å². The molecular formula is C24H25NO5S2. The van der Waals surface area contributed by atoms with Gasteiger partial charge in [0.15, 0.2) is 9.84 Å². The Hall–Kier alpha value is -2.97. The van der Waals surface area contributed by atoms with Gasteiger partial charge in [-0.2, -0.15) is 0 Å². The summed E-state index contributed by atoms with van der Waals surface area (Å²) in [5.41, 5.74) is 2.03. The van der Waals surface area contributed by atoms with Crippen LogP contribution in [-0.4, -0.2) is 32.7 Å². The number of hydrogen-bond acceptors (Lipinski definition) is 6. The molecule has 0 saturated carbocycles. The second-order valence-corrected chi connectivity index (χ2v) is 10.4. The third kappa shape index (κ3) is 6.77. The minimum atomic E-state index is -3.32. The summed E-state index contributed by atoms with van der Waals surface area (Å²) in [5, 5.41) is 2.75. The Kier molecular flexibility index (Phi) is 8.19. The van der Waals surface area contributed by atoms with Crippen LogP contribution in [-0.2, 0) is 25.1 Å². The first kappa shape index (κ1) is 23.7. The molecule has 0 fully saturated rings. The normalized spacial score (nSPS) is 11.2. The van der Waals surface area contributed by atoms with Crippen LogP contribution in [0.5, 0.6) is 0 Å². The van der Waals surface area contributed by atoms with Crippen molar-refractivity contribution < 1.29 is 22.7 Å². The van der Waals surface area contributed by atoms with Crippen molar-refractivity contribution >= 4 is 38.7 Å². The fourth-order valence-electron chi connectivity index (χ4n) is 3.14. The minimum Gasteiger partial charge on any atom is -0.462 e. The van der Waals surface area contributed by atoms with E-state index in [9.17, 15) is 18.0 Å². The second kappa shape index (κ2) is 11.1. The van der Waals surface area contributed by atoms with Gasteiger partial charge in [-0.15, -0.1) is 11.3 Å². The maximum absolute atomic E-state index is 12.5. The average molecular weight is 472 g/mol. The van der Waals surface area contributed by atoms with Gasteiger partial charge >= 0.3 is 5.97 Å². The van der Waals surface area contributed by atoms with Gasteiger partial charge in [0.05, 0.1) is 23.8 Å². The van der Waals surface area contributed by atoms with Crippen molar-refractivity contribution in [3.63, 3.8) is 0 Å². The van der Waals surface area contributed by atoms with E-state index in [0.717, 1.165) is 16.0 Å². The lowest BCUT2D eigenvalue weighted by molar-refractivity contribution is -0.116. The maximum atomic E-state index is 12.5. The van der Waals surface area contributed by atoms with E-state index in [2.05, 4.69) is 5.32 Å². The van der Waals surface area contributed by atoms with Gasteiger partial charge in [-0.1, -0.05) is 60.7 Å². The van der Waals surface area contributed by atoms with Crippen LogP contribution in [0.25, 0.3) is 10.4 Å². The predicted octanol–water partition coefficient (Wildman–Crippen LogP) is 4.93. The molecule has 2 aromatic carbocycles. The average Bonchev–Trinajstić information content (AvgIpc) is 3.18. The third-order valence-electron chi connectivity index (χ3n) is 4.61. The summed E-state index contributed by atoms with van der Waals surface area (Å²) in [4.78, 5) is 26.0. The summed E-state index contributed by atoms with van der Waals surface area (Å²) in [6.07, 6.45) is 0.234. The molecule has 1 aromatic heterocycles. The van der Waals surface area contributed by atoms with E-state index in [1.54, 1.807) is 37.3 Å². The number of carbonyl (C=O) groups excluding carboxylic acids is 2. The van der Waals surface area contributed by atoms with Crippen LogP contribution < -0.4 is 5.32 Å². The Morgan fingerprint density at radius 2 is 1.66 bits per heavy atom. The number of nitrogens with one attached hydrogen (secondary N) is 1. The molecule has 0 radical (unpaired) electrons. The number of ether oxygens (including phenoxy) is 1. The monoisotopic (exact) mass is 471 g/mol. The Balaban J connectivity index is 1.63. The number of thiophene rings is 1. The lowest BCUT2D eigenvalue weighted by atomic mass is 10.2. The first-order valence-corrected chi connectivity index (χ1v) is 12.9. The molecule has 3 aromatic rings. The molecule has 1 heterocycles. The molecule has 0 aliphatic rings. The van der Waals surface area contributed by atoms with Gasteiger partial charge in [0.2, 0.25) is 5.91 Å². The number of benzene rings is 2.